The Morgan fingerprint density at radius 2 is 2.08 bits per heavy atom. The molecule has 0 saturated carbocycles. The molecule has 0 atom stereocenters. The molecule has 10 heteroatoms. The fourth-order valence-corrected chi connectivity index (χ4v) is 2.96. The van der Waals surface area contributed by atoms with Gasteiger partial charge in [0, 0.05) is 12.4 Å². The zero-order chi connectivity index (χ0) is 17.1. The first-order valence-electron chi connectivity index (χ1n) is 6.88. The minimum Gasteiger partial charge on any atom is -0.496 e. The summed E-state index contributed by atoms with van der Waals surface area (Å²) in [6, 6.07) is 7.26. The first-order chi connectivity index (χ1) is 11.6. The number of thioether (sulfide) groups is 1. The Hall–Kier alpha value is -2.62. The van der Waals surface area contributed by atoms with E-state index in [2.05, 4.69) is 15.2 Å². The molecule has 0 spiro atoms. The van der Waals surface area contributed by atoms with Crippen molar-refractivity contribution in [1.29, 1.82) is 0 Å². The van der Waals surface area contributed by atoms with Gasteiger partial charge in [0.25, 0.3) is 0 Å². The molecule has 2 N–H and O–H groups in total. The number of methoxy groups -OCH3 is 1. The summed E-state index contributed by atoms with van der Waals surface area (Å²) < 4.78 is 33.0. The Balaban J connectivity index is 1.82. The van der Waals surface area contributed by atoms with Crippen LogP contribution >= 0.6 is 11.8 Å². The summed E-state index contributed by atoms with van der Waals surface area (Å²) in [5, 5.41) is 8.46. The highest BCUT2D eigenvalue weighted by atomic mass is 32.2. The molecule has 0 saturated heterocycles. The summed E-state index contributed by atoms with van der Waals surface area (Å²) in [6.07, 6.45) is 2.56. The normalized spacial score (nSPS) is 11.2. The summed E-state index contributed by atoms with van der Waals surface area (Å²) in [5.41, 5.74) is 0.691. The van der Waals surface area contributed by atoms with Crippen molar-refractivity contribution in [2.24, 2.45) is 0 Å². The van der Waals surface area contributed by atoms with Crippen LogP contribution in [0.1, 0.15) is 12.4 Å². The van der Waals surface area contributed by atoms with E-state index in [4.69, 9.17) is 10.6 Å². The van der Waals surface area contributed by atoms with E-state index in [0.29, 0.717) is 22.3 Å². The van der Waals surface area contributed by atoms with Crippen LogP contribution in [0.3, 0.4) is 0 Å². The number of hydrogen-bond acceptors (Lipinski definition) is 6. The lowest BCUT2D eigenvalue weighted by atomic mass is 10.2. The zero-order valence-corrected chi connectivity index (χ0v) is 13.5. The van der Waals surface area contributed by atoms with Crippen LogP contribution in [0, 0.1) is 0 Å². The minimum absolute atomic E-state index is 0.193. The van der Waals surface area contributed by atoms with Crippen molar-refractivity contribution in [3.8, 4) is 17.1 Å². The monoisotopic (exact) mass is 352 g/mol. The van der Waals surface area contributed by atoms with Crippen LogP contribution in [0.2, 0.25) is 0 Å². The Morgan fingerprint density at radius 3 is 2.83 bits per heavy atom. The summed E-state index contributed by atoms with van der Waals surface area (Å²) in [7, 11) is 1.55. The SMILES string of the molecule is COc1ccccc1-c1nnc(SCc2nccn2C(F)F)n1N. The van der Waals surface area contributed by atoms with Gasteiger partial charge in [0.1, 0.15) is 11.6 Å². The van der Waals surface area contributed by atoms with E-state index < -0.39 is 6.55 Å². The van der Waals surface area contributed by atoms with Gasteiger partial charge in [-0.15, -0.1) is 10.2 Å². The molecule has 0 radical (unpaired) electrons. The molecule has 126 valence electrons. The molecule has 0 bridgehead atoms. The third-order valence-corrected chi connectivity index (χ3v) is 4.24. The predicted octanol–water partition coefficient (Wildman–Crippen LogP) is 2.55. The minimum atomic E-state index is -2.64. The Bertz CT molecular complexity index is 834. The Kier molecular flexibility index (Phi) is 4.65. The van der Waals surface area contributed by atoms with Crippen LogP contribution in [0.25, 0.3) is 11.4 Å². The maximum absolute atomic E-state index is 12.8. The number of halogens is 2. The van der Waals surface area contributed by atoms with Crippen LogP contribution < -0.4 is 10.6 Å². The predicted molar refractivity (Wildman–Crippen MR) is 85.2 cm³/mol. The molecule has 7 nitrogen and oxygen atoms in total. The molecule has 3 rings (SSSR count). The summed E-state index contributed by atoms with van der Waals surface area (Å²) in [4.78, 5) is 3.92. The molecule has 0 aliphatic rings. The quantitative estimate of drug-likeness (QED) is 0.542. The molecular weight excluding hydrogens is 338 g/mol. The van der Waals surface area contributed by atoms with Gasteiger partial charge >= 0.3 is 6.55 Å². The number of nitrogen functional groups attached to an aromatic ring is 1. The van der Waals surface area contributed by atoms with Gasteiger partial charge in [-0.3, -0.25) is 4.57 Å². The maximum Gasteiger partial charge on any atom is 0.319 e. The third-order valence-electron chi connectivity index (χ3n) is 3.30. The zero-order valence-electron chi connectivity index (χ0n) is 12.6. The summed E-state index contributed by atoms with van der Waals surface area (Å²) >= 11 is 1.17. The largest absolute Gasteiger partial charge is 0.496 e. The van der Waals surface area contributed by atoms with Crippen LogP contribution in [0.15, 0.2) is 41.8 Å². The molecule has 2 heterocycles. The lowest BCUT2D eigenvalue weighted by Crippen LogP contribution is -2.12. The van der Waals surface area contributed by atoms with Crippen molar-refractivity contribution in [3.63, 3.8) is 0 Å². The van der Waals surface area contributed by atoms with Crippen molar-refractivity contribution in [2.45, 2.75) is 17.5 Å². The van der Waals surface area contributed by atoms with E-state index in [9.17, 15) is 8.78 Å². The fourth-order valence-electron chi connectivity index (χ4n) is 2.15. The molecule has 0 amide bonds. The molecular formula is C14H14F2N6OS. The average molecular weight is 352 g/mol. The van der Waals surface area contributed by atoms with Gasteiger partial charge in [-0.1, -0.05) is 23.9 Å². The van der Waals surface area contributed by atoms with E-state index in [1.807, 2.05) is 18.2 Å². The van der Waals surface area contributed by atoms with Crippen molar-refractivity contribution < 1.29 is 13.5 Å². The van der Waals surface area contributed by atoms with Gasteiger partial charge in [-0.05, 0) is 12.1 Å². The second-order valence-electron chi connectivity index (χ2n) is 4.69. The van der Waals surface area contributed by atoms with Gasteiger partial charge in [0.15, 0.2) is 5.82 Å². The number of nitrogens with two attached hydrogens (primary N) is 1. The van der Waals surface area contributed by atoms with Crippen LogP contribution in [-0.2, 0) is 5.75 Å². The molecule has 0 aliphatic heterocycles. The number of ether oxygens (including phenoxy) is 1. The van der Waals surface area contributed by atoms with Crippen molar-refractivity contribution in [2.75, 3.05) is 13.0 Å². The number of imidazole rings is 1. The van der Waals surface area contributed by atoms with Gasteiger partial charge in [0.05, 0.1) is 18.4 Å². The highest BCUT2D eigenvalue weighted by Gasteiger charge is 2.17. The first-order valence-corrected chi connectivity index (χ1v) is 7.87. The lowest BCUT2D eigenvalue weighted by molar-refractivity contribution is 0.0678. The molecule has 24 heavy (non-hydrogen) atoms. The first kappa shape index (κ1) is 16.2. The molecule has 0 fully saturated rings. The second kappa shape index (κ2) is 6.87. The Labute approximate surface area is 140 Å². The number of hydrogen-bond donors (Lipinski definition) is 1. The van der Waals surface area contributed by atoms with Crippen LogP contribution in [0.4, 0.5) is 8.78 Å². The number of alkyl halides is 2. The van der Waals surface area contributed by atoms with E-state index >= 15 is 0 Å². The topological polar surface area (TPSA) is 83.8 Å². The van der Waals surface area contributed by atoms with Gasteiger partial charge < -0.3 is 10.6 Å². The standard InChI is InChI=1S/C14H14F2N6OS/c1-23-10-5-3-2-4-9(10)12-19-20-14(22(12)17)24-8-11-18-6-7-21(11)13(15)16/h2-7,13H,8,17H2,1H3. The highest BCUT2D eigenvalue weighted by molar-refractivity contribution is 7.98. The highest BCUT2D eigenvalue weighted by Crippen LogP contribution is 2.30. The van der Waals surface area contributed by atoms with Crippen molar-refractivity contribution in [1.82, 2.24) is 24.4 Å². The van der Waals surface area contributed by atoms with E-state index in [0.717, 1.165) is 4.57 Å². The molecule has 0 aliphatic carbocycles. The molecule has 1 aromatic carbocycles. The summed E-state index contributed by atoms with van der Waals surface area (Å²) in [6.45, 7) is -2.64. The number of nitrogens with zero attached hydrogens (tertiary/aromatic N) is 5. The van der Waals surface area contributed by atoms with Crippen molar-refractivity contribution >= 4 is 11.8 Å². The maximum atomic E-state index is 12.8. The van der Waals surface area contributed by atoms with E-state index in [1.165, 1.54) is 28.8 Å². The molecule has 3 aromatic rings. The van der Waals surface area contributed by atoms with Gasteiger partial charge in [0.2, 0.25) is 5.16 Å². The molecule has 0 unspecified atom stereocenters. The Morgan fingerprint density at radius 1 is 1.29 bits per heavy atom. The summed E-state index contributed by atoms with van der Waals surface area (Å²) in [5.74, 6) is 7.50. The third kappa shape index (κ3) is 3.04. The van der Waals surface area contributed by atoms with Crippen LogP contribution in [0.5, 0.6) is 5.75 Å². The van der Waals surface area contributed by atoms with Gasteiger partial charge in [-0.25, -0.2) is 9.66 Å². The van der Waals surface area contributed by atoms with E-state index in [1.54, 1.807) is 13.2 Å². The van der Waals surface area contributed by atoms with E-state index in [-0.39, 0.29) is 11.6 Å². The number of aromatic nitrogens is 5. The molecule has 2 aromatic heterocycles. The smallest absolute Gasteiger partial charge is 0.319 e. The fraction of sp³-hybridized carbons (Fsp3) is 0.214. The lowest BCUT2D eigenvalue weighted by Gasteiger charge is -2.08. The number of para-hydroxylation sites is 1. The second-order valence-corrected chi connectivity index (χ2v) is 5.64. The van der Waals surface area contributed by atoms with Crippen molar-refractivity contribution in [3.05, 3.63) is 42.5 Å². The number of benzene rings is 1. The number of rotatable bonds is 6. The van der Waals surface area contributed by atoms with Gasteiger partial charge in [-0.2, -0.15) is 8.78 Å². The van der Waals surface area contributed by atoms with Crippen LogP contribution in [-0.4, -0.2) is 31.5 Å². The average Bonchev–Trinajstić information content (AvgIpc) is 3.19.